The number of hydrogen-bond donors (Lipinski definition) is 1. The molecule has 1 fully saturated rings. The maximum absolute atomic E-state index is 5.41. The van der Waals surface area contributed by atoms with E-state index in [0.717, 1.165) is 18.3 Å². The molecule has 0 bridgehead atoms. The third-order valence-corrected chi connectivity index (χ3v) is 5.42. The van der Waals surface area contributed by atoms with Crippen molar-refractivity contribution in [2.24, 2.45) is 23.7 Å². The van der Waals surface area contributed by atoms with Gasteiger partial charge in [-0.05, 0) is 64.7 Å². The van der Waals surface area contributed by atoms with Gasteiger partial charge >= 0.3 is 0 Å². The van der Waals surface area contributed by atoms with Crippen LogP contribution in [0.4, 0.5) is 0 Å². The minimum Gasteiger partial charge on any atom is -0.181 e. The van der Waals surface area contributed by atoms with E-state index in [2.05, 4.69) is 53.5 Å². The molecule has 4 nitrogen and oxygen atoms in total. The lowest BCUT2D eigenvalue weighted by Gasteiger charge is -2.49. The molecule has 1 saturated carbocycles. The van der Waals surface area contributed by atoms with Gasteiger partial charge < -0.3 is 0 Å². The second-order valence-corrected chi connectivity index (χ2v) is 7.64. The average Bonchev–Trinajstić information content (AvgIpc) is 2.77. The first-order valence-electron chi connectivity index (χ1n) is 8.04. The van der Waals surface area contributed by atoms with Gasteiger partial charge in [0.05, 0.1) is 0 Å². The molecule has 4 heteroatoms. The molecule has 3 unspecified atom stereocenters. The van der Waals surface area contributed by atoms with E-state index in [9.17, 15) is 0 Å². The van der Waals surface area contributed by atoms with Crippen molar-refractivity contribution < 1.29 is 9.98 Å². The summed E-state index contributed by atoms with van der Waals surface area (Å²) in [6.07, 6.45) is 4.76. The van der Waals surface area contributed by atoms with Crippen LogP contribution in [-0.4, -0.2) is 16.1 Å². The molecule has 0 amide bonds. The van der Waals surface area contributed by atoms with Crippen LogP contribution >= 0.6 is 0 Å². The SMILES string of the molecule is CCC1CC(C)CC1C(C)(C)N(OON)C(C)(C)CC. The summed E-state index contributed by atoms with van der Waals surface area (Å²) in [5, 5.41) is 1.98. The van der Waals surface area contributed by atoms with E-state index >= 15 is 0 Å². The van der Waals surface area contributed by atoms with Gasteiger partial charge in [0.15, 0.2) is 0 Å². The standard InChI is InChI=1S/C16H34N2O2/c1-8-13-10-12(3)11-14(13)16(6,7)18(20-19-17)15(4,5)9-2/h12-14H,8-11,17H2,1-7H3. The van der Waals surface area contributed by atoms with E-state index in [1.54, 1.807) is 0 Å². The third-order valence-electron chi connectivity index (χ3n) is 5.42. The monoisotopic (exact) mass is 286 g/mol. The van der Waals surface area contributed by atoms with Gasteiger partial charge in [0, 0.05) is 11.1 Å². The molecule has 0 radical (unpaired) electrons. The Kier molecular flexibility index (Phi) is 6.02. The number of hydrogen-bond acceptors (Lipinski definition) is 4. The molecule has 120 valence electrons. The topological polar surface area (TPSA) is 47.7 Å². The molecule has 0 spiro atoms. The summed E-state index contributed by atoms with van der Waals surface area (Å²) in [6.45, 7) is 15.7. The second-order valence-electron chi connectivity index (χ2n) is 7.64. The van der Waals surface area contributed by atoms with Crippen LogP contribution in [0.1, 0.15) is 74.1 Å². The van der Waals surface area contributed by atoms with E-state index < -0.39 is 0 Å². The molecule has 0 saturated heterocycles. The molecule has 20 heavy (non-hydrogen) atoms. The molecule has 1 aliphatic carbocycles. The van der Waals surface area contributed by atoms with Crippen LogP contribution in [0, 0.1) is 17.8 Å². The molecule has 2 N–H and O–H groups in total. The van der Waals surface area contributed by atoms with Crippen molar-refractivity contribution >= 4 is 0 Å². The van der Waals surface area contributed by atoms with Crippen molar-refractivity contribution in [3.05, 3.63) is 0 Å². The van der Waals surface area contributed by atoms with Crippen molar-refractivity contribution in [1.29, 1.82) is 0 Å². The summed E-state index contributed by atoms with van der Waals surface area (Å²) in [4.78, 5) is 9.97. The van der Waals surface area contributed by atoms with Crippen LogP contribution < -0.4 is 5.90 Å². The number of rotatable bonds is 7. The fourth-order valence-corrected chi connectivity index (χ4v) is 4.03. The fourth-order valence-electron chi connectivity index (χ4n) is 4.03. The highest BCUT2D eigenvalue weighted by molar-refractivity contribution is 4.98. The van der Waals surface area contributed by atoms with Crippen LogP contribution in [0.2, 0.25) is 0 Å². The Morgan fingerprint density at radius 3 is 2.20 bits per heavy atom. The van der Waals surface area contributed by atoms with E-state index in [1.165, 1.54) is 19.3 Å². The minimum atomic E-state index is -0.118. The Hall–Kier alpha value is -0.160. The minimum absolute atomic E-state index is 0.107. The summed E-state index contributed by atoms with van der Waals surface area (Å²) >= 11 is 0. The van der Waals surface area contributed by atoms with Gasteiger partial charge in [0.1, 0.15) is 0 Å². The van der Waals surface area contributed by atoms with E-state index in [-0.39, 0.29) is 11.1 Å². The average molecular weight is 286 g/mol. The zero-order chi connectivity index (χ0) is 15.6. The van der Waals surface area contributed by atoms with Crippen molar-refractivity contribution in [1.82, 2.24) is 5.06 Å². The first kappa shape index (κ1) is 17.9. The Morgan fingerprint density at radius 1 is 1.15 bits per heavy atom. The van der Waals surface area contributed by atoms with Crippen LogP contribution in [0.3, 0.4) is 0 Å². The summed E-state index contributed by atoms with van der Waals surface area (Å²) in [7, 11) is 0. The normalized spacial score (nSPS) is 28.4. The highest BCUT2D eigenvalue weighted by Crippen LogP contribution is 2.47. The van der Waals surface area contributed by atoms with Crippen molar-refractivity contribution in [3.63, 3.8) is 0 Å². The van der Waals surface area contributed by atoms with Gasteiger partial charge in [0.2, 0.25) is 0 Å². The Bertz CT molecular complexity index is 305. The highest BCUT2D eigenvalue weighted by Gasteiger charge is 2.49. The van der Waals surface area contributed by atoms with E-state index in [1.807, 2.05) is 5.06 Å². The lowest BCUT2D eigenvalue weighted by molar-refractivity contribution is -0.478. The van der Waals surface area contributed by atoms with Gasteiger partial charge in [-0.1, -0.05) is 27.2 Å². The molecule has 0 aromatic carbocycles. The van der Waals surface area contributed by atoms with Gasteiger partial charge in [-0.25, -0.2) is 0 Å². The van der Waals surface area contributed by atoms with E-state index in [0.29, 0.717) is 5.92 Å². The Labute approximate surface area is 124 Å². The zero-order valence-corrected chi connectivity index (χ0v) is 14.4. The predicted octanol–water partition coefficient (Wildman–Crippen LogP) is 4.06. The number of hydroxylamine groups is 2. The van der Waals surface area contributed by atoms with Gasteiger partial charge in [-0.2, -0.15) is 5.90 Å². The Morgan fingerprint density at radius 2 is 1.75 bits per heavy atom. The second kappa shape index (κ2) is 6.73. The van der Waals surface area contributed by atoms with Gasteiger partial charge in [0.25, 0.3) is 0 Å². The van der Waals surface area contributed by atoms with Crippen molar-refractivity contribution in [3.8, 4) is 0 Å². The van der Waals surface area contributed by atoms with Crippen LogP contribution in [0.5, 0.6) is 0 Å². The molecular formula is C16H34N2O2. The Balaban J connectivity index is 3.03. The third kappa shape index (κ3) is 3.53. The van der Waals surface area contributed by atoms with E-state index in [4.69, 9.17) is 10.9 Å². The first-order chi connectivity index (χ1) is 9.20. The number of nitrogens with two attached hydrogens (primary N) is 1. The van der Waals surface area contributed by atoms with Gasteiger partial charge in [-0.15, -0.1) is 15.0 Å². The molecule has 1 rings (SSSR count). The number of nitrogens with zero attached hydrogens (tertiary/aromatic N) is 1. The molecule has 1 aliphatic rings. The van der Waals surface area contributed by atoms with Crippen molar-refractivity contribution in [2.45, 2.75) is 85.2 Å². The largest absolute Gasteiger partial charge is 0.181 e. The lowest BCUT2D eigenvalue weighted by Crippen LogP contribution is -2.59. The molecule has 0 aromatic rings. The molecule has 0 aromatic heterocycles. The first-order valence-corrected chi connectivity index (χ1v) is 8.04. The van der Waals surface area contributed by atoms with Gasteiger partial charge in [-0.3, -0.25) is 0 Å². The van der Waals surface area contributed by atoms with Crippen LogP contribution in [0.15, 0.2) is 0 Å². The lowest BCUT2D eigenvalue weighted by atomic mass is 9.76. The molecule has 0 heterocycles. The summed E-state index contributed by atoms with van der Waals surface area (Å²) in [5.74, 6) is 7.34. The fraction of sp³-hybridized carbons (Fsp3) is 1.00. The van der Waals surface area contributed by atoms with Crippen LogP contribution in [-0.2, 0) is 9.98 Å². The highest BCUT2D eigenvalue weighted by atomic mass is 17.3. The molecule has 0 aliphatic heterocycles. The maximum atomic E-state index is 5.41. The van der Waals surface area contributed by atoms with Crippen molar-refractivity contribution in [2.75, 3.05) is 0 Å². The van der Waals surface area contributed by atoms with Crippen LogP contribution in [0.25, 0.3) is 0 Å². The maximum Gasteiger partial charge on any atom is 0.0474 e. The molecular weight excluding hydrogens is 252 g/mol. The summed E-state index contributed by atoms with van der Waals surface area (Å²) in [5.41, 5.74) is -0.225. The quantitative estimate of drug-likeness (QED) is 0.566. The predicted molar refractivity (Wildman–Crippen MR) is 82.3 cm³/mol. The molecule has 3 atom stereocenters. The zero-order valence-electron chi connectivity index (χ0n) is 14.4. The smallest absolute Gasteiger partial charge is 0.0474 e. The summed E-state index contributed by atoms with van der Waals surface area (Å²) in [6, 6.07) is 0. The summed E-state index contributed by atoms with van der Waals surface area (Å²) < 4.78 is 0.